The van der Waals surface area contributed by atoms with Crippen LogP contribution in [0.4, 0.5) is 32.0 Å². The second kappa shape index (κ2) is 4.60. The molecular formula is C10H6F6N2O3. The molecule has 1 aromatic heterocycles. The van der Waals surface area contributed by atoms with Gasteiger partial charge in [-0.25, -0.2) is 4.79 Å². The number of hydrogen-bond acceptors (Lipinski definition) is 4. The molecule has 1 heterocycles. The van der Waals surface area contributed by atoms with Crippen molar-refractivity contribution in [3.8, 4) is 5.75 Å². The van der Waals surface area contributed by atoms with Gasteiger partial charge in [-0.2, -0.15) is 26.3 Å². The number of hydrogen-bond donors (Lipinski definition) is 2. The zero-order valence-corrected chi connectivity index (χ0v) is 9.80. The number of ether oxygens (including phenoxy) is 1. The van der Waals surface area contributed by atoms with Gasteiger partial charge in [0.1, 0.15) is 5.75 Å². The highest BCUT2D eigenvalue weighted by Crippen LogP contribution is 2.38. The van der Waals surface area contributed by atoms with Crippen LogP contribution in [0.15, 0.2) is 21.3 Å². The van der Waals surface area contributed by atoms with Gasteiger partial charge in [-0.15, -0.1) is 0 Å². The lowest BCUT2D eigenvalue weighted by atomic mass is 10.2. The van der Waals surface area contributed by atoms with Crippen molar-refractivity contribution in [2.24, 2.45) is 0 Å². The quantitative estimate of drug-likeness (QED) is 0.659. The van der Waals surface area contributed by atoms with E-state index in [4.69, 9.17) is 5.73 Å². The second-order valence-corrected chi connectivity index (χ2v) is 3.98. The van der Waals surface area contributed by atoms with Crippen molar-refractivity contribution in [1.82, 2.24) is 4.98 Å². The van der Waals surface area contributed by atoms with Crippen LogP contribution in [0.5, 0.6) is 5.75 Å². The van der Waals surface area contributed by atoms with Gasteiger partial charge < -0.3 is 14.9 Å². The van der Waals surface area contributed by atoms with E-state index in [0.29, 0.717) is 0 Å². The van der Waals surface area contributed by atoms with Crippen LogP contribution in [-0.4, -0.2) is 23.4 Å². The fraction of sp³-hybridized carbons (Fsp3) is 0.300. The van der Waals surface area contributed by atoms with Crippen LogP contribution in [0, 0.1) is 0 Å². The van der Waals surface area contributed by atoms with Crippen molar-refractivity contribution in [3.05, 3.63) is 22.7 Å². The van der Waals surface area contributed by atoms with Crippen molar-refractivity contribution in [1.29, 1.82) is 0 Å². The normalized spacial score (nSPS) is 13.1. The Morgan fingerprint density at radius 3 is 2.24 bits per heavy atom. The molecule has 11 heteroatoms. The molecule has 0 aliphatic carbocycles. The van der Waals surface area contributed by atoms with Crippen LogP contribution in [0.1, 0.15) is 0 Å². The third-order valence-corrected chi connectivity index (χ3v) is 2.39. The Labute approximate surface area is 111 Å². The number of nitrogens with two attached hydrogens (primary N) is 1. The molecule has 0 aliphatic rings. The topological polar surface area (TPSA) is 81.2 Å². The number of H-pyrrole nitrogens is 1. The number of benzene rings is 1. The number of fused-ring (bicyclic) bond motifs is 1. The second-order valence-electron chi connectivity index (χ2n) is 3.98. The summed E-state index contributed by atoms with van der Waals surface area (Å²) in [6.07, 6.45) is -15.4. The number of oxazole rings is 1. The van der Waals surface area contributed by atoms with Crippen molar-refractivity contribution in [2.45, 2.75) is 18.5 Å². The Bertz CT molecular complexity index is 700. The van der Waals surface area contributed by atoms with E-state index in [2.05, 4.69) is 14.1 Å². The molecule has 2 aromatic rings. The summed E-state index contributed by atoms with van der Waals surface area (Å²) >= 11 is 0. The summed E-state index contributed by atoms with van der Waals surface area (Å²) in [6.45, 7) is 0. The molecule has 0 unspecified atom stereocenters. The third kappa shape index (κ3) is 3.06. The zero-order chi connectivity index (χ0) is 16.0. The largest absolute Gasteiger partial charge is 0.469 e. The van der Waals surface area contributed by atoms with Crippen LogP contribution in [0.2, 0.25) is 0 Å². The first-order valence-electron chi connectivity index (χ1n) is 5.21. The molecule has 116 valence electrons. The molecule has 0 bridgehead atoms. The van der Waals surface area contributed by atoms with Gasteiger partial charge in [0.15, 0.2) is 5.58 Å². The van der Waals surface area contributed by atoms with Crippen molar-refractivity contribution >= 4 is 16.8 Å². The van der Waals surface area contributed by atoms with Gasteiger partial charge in [0.05, 0.1) is 11.2 Å². The summed E-state index contributed by atoms with van der Waals surface area (Å²) in [5, 5.41) is 0. The van der Waals surface area contributed by atoms with Crippen LogP contribution in [0.25, 0.3) is 11.1 Å². The standard InChI is InChI=1S/C10H6F6N2O3/c11-9(12,13)7(10(14,15)16)20-5-2-4-6(1-3(5)17)21-8(19)18-4/h1-2,7H,17H2,(H,18,19). The summed E-state index contributed by atoms with van der Waals surface area (Å²) in [5.41, 5.74) is 4.49. The van der Waals surface area contributed by atoms with Crippen molar-refractivity contribution < 1.29 is 35.5 Å². The minimum Gasteiger partial charge on any atom is -0.469 e. The smallest absolute Gasteiger partial charge is 0.434 e. The molecule has 0 atom stereocenters. The summed E-state index contributed by atoms with van der Waals surface area (Å²) in [7, 11) is 0. The lowest BCUT2D eigenvalue weighted by Gasteiger charge is -2.24. The summed E-state index contributed by atoms with van der Waals surface area (Å²) in [6, 6.07) is 1.60. The first-order valence-corrected chi connectivity index (χ1v) is 5.21. The number of aromatic amines is 1. The Kier molecular flexibility index (Phi) is 3.30. The Morgan fingerprint density at radius 2 is 1.71 bits per heavy atom. The molecular weight excluding hydrogens is 310 g/mol. The summed E-state index contributed by atoms with van der Waals surface area (Å²) < 4.78 is 82.8. The number of alkyl halides is 6. The highest BCUT2D eigenvalue weighted by Gasteiger charge is 2.59. The number of aromatic nitrogens is 1. The lowest BCUT2D eigenvalue weighted by Crippen LogP contribution is -2.46. The van der Waals surface area contributed by atoms with E-state index < -0.39 is 35.6 Å². The Morgan fingerprint density at radius 1 is 1.14 bits per heavy atom. The summed E-state index contributed by atoms with van der Waals surface area (Å²) in [4.78, 5) is 12.9. The van der Waals surface area contributed by atoms with Crippen LogP contribution in [0.3, 0.4) is 0 Å². The molecule has 0 amide bonds. The average Bonchev–Trinajstić information content (AvgIpc) is 2.61. The van der Waals surface area contributed by atoms with Crippen molar-refractivity contribution in [2.75, 3.05) is 5.73 Å². The minimum atomic E-state index is -5.68. The molecule has 0 aliphatic heterocycles. The monoisotopic (exact) mass is 316 g/mol. The van der Waals surface area contributed by atoms with Gasteiger partial charge >= 0.3 is 18.1 Å². The molecule has 0 radical (unpaired) electrons. The molecule has 5 nitrogen and oxygen atoms in total. The van der Waals surface area contributed by atoms with E-state index in [1.54, 1.807) is 0 Å². The molecule has 0 saturated carbocycles. The first-order chi connectivity index (χ1) is 9.48. The predicted octanol–water partition coefficient (Wildman–Crippen LogP) is 2.58. The van der Waals surface area contributed by atoms with E-state index in [0.717, 1.165) is 12.1 Å². The molecule has 0 fully saturated rings. The van der Waals surface area contributed by atoms with E-state index in [1.807, 2.05) is 0 Å². The molecule has 1 aromatic carbocycles. The number of nitrogens with one attached hydrogen (secondary N) is 1. The van der Waals surface area contributed by atoms with Gasteiger partial charge in [0.25, 0.3) is 6.10 Å². The average molecular weight is 316 g/mol. The van der Waals surface area contributed by atoms with Gasteiger partial charge in [-0.3, -0.25) is 4.98 Å². The summed E-state index contributed by atoms with van der Waals surface area (Å²) in [5.74, 6) is -1.82. The highest BCUT2D eigenvalue weighted by molar-refractivity contribution is 5.80. The Hall–Kier alpha value is -2.33. The molecule has 21 heavy (non-hydrogen) atoms. The van der Waals surface area contributed by atoms with Crippen molar-refractivity contribution in [3.63, 3.8) is 0 Å². The first kappa shape index (κ1) is 15.1. The highest BCUT2D eigenvalue weighted by atomic mass is 19.4. The van der Waals surface area contributed by atoms with Gasteiger partial charge in [-0.05, 0) is 0 Å². The van der Waals surface area contributed by atoms with E-state index in [-0.39, 0.29) is 11.1 Å². The third-order valence-electron chi connectivity index (χ3n) is 2.39. The molecule has 0 saturated heterocycles. The number of anilines is 1. The zero-order valence-electron chi connectivity index (χ0n) is 9.80. The SMILES string of the molecule is Nc1cc2oc(=O)[nH]c2cc1OC(C(F)(F)F)C(F)(F)F. The lowest BCUT2D eigenvalue weighted by molar-refractivity contribution is -0.299. The maximum absolute atomic E-state index is 12.4. The Balaban J connectivity index is 2.45. The molecule has 0 spiro atoms. The maximum atomic E-state index is 12.4. The molecule has 2 rings (SSSR count). The van der Waals surface area contributed by atoms with Crippen LogP contribution >= 0.6 is 0 Å². The van der Waals surface area contributed by atoms with Crippen LogP contribution in [-0.2, 0) is 0 Å². The maximum Gasteiger partial charge on any atom is 0.434 e. The predicted molar refractivity (Wildman–Crippen MR) is 57.8 cm³/mol. The number of nitrogen functional groups attached to an aromatic ring is 1. The molecule has 3 N–H and O–H groups in total. The number of halogens is 6. The van der Waals surface area contributed by atoms with Gasteiger partial charge in [-0.1, -0.05) is 0 Å². The van der Waals surface area contributed by atoms with Gasteiger partial charge in [0.2, 0.25) is 0 Å². The van der Waals surface area contributed by atoms with E-state index in [9.17, 15) is 31.1 Å². The van der Waals surface area contributed by atoms with E-state index in [1.165, 1.54) is 0 Å². The fourth-order valence-corrected chi connectivity index (χ4v) is 1.54. The van der Waals surface area contributed by atoms with E-state index >= 15 is 0 Å². The fourth-order valence-electron chi connectivity index (χ4n) is 1.54. The minimum absolute atomic E-state index is 0.125. The van der Waals surface area contributed by atoms with Crippen LogP contribution < -0.4 is 16.2 Å². The van der Waals surface area contributed by atoms with Gasteiger partial charge in [0, 0.05) is 12.1 Å². The number of rotatable bonds is 2.